The van der Waals surface area contributed by atoms with Gasteiger partial charge in [0.05, 0.1) is 35.1 Å². The first kappa shape index (κ1) is 45.2. The van der Waals surface area contributed by atoms with E-state index in [2.05, 4.69) is 44.1 Å². The summed E-state index contributed by atoms with van der Waals surface area (Å²) in [5, 5.41) is 5.21. The van der Waals surface area contributed by atoms with Gasteiger partial charge < -0.3 is 39.8 Å². The number of rotatable bonds is 11. The molecule has 1 aliphatic carbocycles. The molecule has 336 valence electrons. The lowest BCUT2D eigenvalue weighted by atomic mass is 10.0. The molecule has 3 fully saturated rings. The monoisotopic (exact) mass is 892 g/mol. The number of alkyl carbamates (subject to hydrolysis) is 1. The van der Waals surface area contributed by atoms with E-state index in [4.69, 9.17) is 21.3 Å². The molecule has 4 heterocycles. The molecule has 63 heavy (non-hydrogen) atoms. The normalized spacial score (nSPS) is 21.2. The van der Waals surface area contributed by atoms with E-state index < -0.39 is 30.2 Å². The minimum Gasteiger partial charge on any atom is -0.453 e. The van der Waals surface area contributed by atoms with Gasteiger partial charge in [0.15, 0.2) is 0 Å². The summed E-state index contributed by atoms with van der Waals surface area (Å²) in [5.74, 6) is -0.0633. The Kier molecular flexibility index (Phi) is 12.7. The van der Waals surface area contributed by atoms with Crippen LogP contribution in [0.15, 0.2) is 60.9 Å². The molecule has 0 bridgehead atoms. The van der Waals surface area contributed by atoms with Gasteiger partial charge in [-0.25, -0.2) is 14.8 Å². The van der Waals surface area contributed by atoms with Crippen molar-refractivity contribution in [3.05, 3.63) is 77.3 Å². The highest BCUT2D eigenvalue weighted by Crippen LogP contribution is 2.52. The van der Waals surface area contributed by atoms with Crippen molar-refractivity contribution in [3.63, 3.8) is 0 Å². The van der Waals surface area contributed by atoms with Gasteiger partial charge in [0, 0.05) is 67.7 Å². The number of halogens is 4. The lowest BCUT2D eigenvalue weighted by Gasteiger charge is -2.40. The van der Waals surface area contributed by atoms with Gasteiger partial charge in [-0.3, -0.25) is 14.4 Å². The molecule has 2 aliphatic heterocycles. The summed E-state index contributed by atoms with van der Waals surface area (Å²) in [6.07, 6.45) is -1.14. The molecule has 18 heteroatoms. The highest BCUT2D eigenvalue weighted by Gasteiger charge is 2.52. The molecule has 2 saturated heterocycles. The average molecular weight is 893 g/mol. The van der Waals surface area contributed by atoms with Crippen LogP contribution in [0.5, 0.6) is 5.75 Å². The van der Waals surface area contributed by atoms with Gasteiger partial charge in [0.1, 0.15) is 23.4 Å². The molecule has 0 spiro atoms. The van der Waals surface area contributed by atoms with Crippen LogP contribution in [0, 0.1) is 23.2 Å². The van der Waals surface area contributed by atoms with E-state index in [-0.39, 0.29) is 68.9 Å². The van der Waals surface area contributed by atoms with Gasteiger partial charge in [-0.05, 0) is 60.8 Å². The number of piperazine rings is 1. The number of hydrogen-bond acceptors (Lipinski definition) is 9. The fraction of sp³-hybridized carbons (Fsp3) is 0.467. The Morgan fingerprint density at radius 2 is 1.70 bits per heavy atom. The first-order valence-electron chi connectivity index (χ1n) is 21.0. The molecule has 4 aromatic rings. The third-order valence-corrected chi connectivity index (χ3v) is 12.5. The number of nitrogens with one attached hydrogen (secondary N) is 3. The first-order chi connectivity index (χ1) is 29.7. The number of H-pyrrole nitrogens is 1. The fourth-order valence-corrected chi connectivity index (χ4v) is 8.69. The Labute approximate surface area is 368 Å². The number of carbonyl (C=O) groups excluding carboxylic acids is 4. The zero-order valence-corrected chi connectivity index (χ0v) is 36.9. The number of amides is 4. The third-order valence-electron chi connectivity index (χ3n) is 12.2. The Morgan fingerprint density at radius 3 is 2.30 bits per heavy atom. The third kappa shape index (κ3) is 10.0. The van der Waals surface area contributed by atoms with E-state index >= 15 is 0 Å². The van der Waals surface area contributed by atoms with Gasteiger partial charge >= 0.3 is 12.5 Å². The lowest BCUT2D eigenvalue weighted by Crippen LogP contribution is -2.54. The molecule has 2 aromatic heterocycles. The van der Waals surface area contributed by atoms with Gasteiger partial charge in [-0.1, -0.05) is 70.5 Å². The predicted molar refractivity (Wildman–Crippen MR) is 231 cm³/mol. The van der Waals surface area contributed by atoms with Crippen molar-refractivity contribution in [1.82, 2.24) is 30.1 Å². The maximum Gasteiger partial charge on any atom is 0.573 e. The number of anilines is 2. The lowest BCUT2D eigenvalue weighted by molar-refractivity contribution is -0.274. The Hall–Kier alpha value is -5.84. The van der Waals surface area contributed by atoms with E-state index in [9.17, 15) is 32.3 Å². The molecule has 2 aromatic carbocycles. The van der Waals surface area contributed by atoms with Crippen molar-refractivity contribution in [1.29, 1.82) is 0 Å². The predicted octanol–water partition coefficient (Wildman–Crippen LogP) is 8.32. The van der Waals surface area contributed by atoms with E-state index in [0.29, 0.717) is 61.1 Å². The summed E-state index contributed by atoms with van der Waals surface area (Å²) in [5.41, 5.74) is 1.68. The van der Waals surface area contributed by atoms with E-state index in [1.165, 1.54) is 19.4 Å². The summed E-state index contributed by atoms with van der Waals surface area (Å²) in [7, 11) is 1.24. The number of imidazole rings is 1. The smallest absolute Gasteiger partial charge is 0.453 e. The maximum atomic E-state index is 13.8. The van der Waals surface area contributed by atoms with Gasteiger partial charge in [0.2, 0.25) is 11.8 Å². The van der Waals surface area contributed by atoms with Crippen LogP contribution >= 0.6 is 11.6 Å². The molecule has 7 rings (SSSR count). The minimum absolute atomic E-state index is 0.00559. The molecule has 1 saturated carbocycles. The van der Waals surface area contributed by atoms with Crippen molar-refractivity contribution in [2.45, 2.75) is 78.9 Å². The molecule has 14 nitrogen and oxygen atoms in total. The van der Waals surface area contributed by atoms with Crippen LogP contribution in [0.2, 0.25) is 5.02 Å². The van der Waals surface area contributed by atoms with Crippen molar-refractivity contribution in [2.75, 3.05) is 43.5 Å². The quantitative estimate of drug-likeness (QED) is 0.135. The molecule has 5 atom stereocenters. The molecular weight excluding hydrogens is 841 g/mol. The highest BCUT2D eigenvalue weighted by molar-refractivity contribution is 6.34. The number of methoxy groups -OCH3 is 1. The summed E-state index contributed by atoms with van der Waals surface area (Å²) in [6.45, 7) is 14.1. The zero-order chi connectivity index (χ0) is 45.5. The van der Waals surface area contributed by atoms with Crippen LogP contribution in [0.1, 0.15) is 76.6 Å². The zero-order valence-electron chi connectivity index (χ0n) is 36.2. The number of nitrogens with zero attached hydrogens (tertiary/aromatic N) is 5. The molecule has 4 amide bonds. The van der Waals surface area contributed by atoms with Crippen molar-refractivity contribution >= 4 is 46.9 Å². The summed E-state index contributed by atoms with van der Waals surface area (Å²) >= 11 is 6.60. The molecular formula is C45H52ClF3N8O6. The second kappa shape index (κ2) is 17.7. The van der Waals surface area contributed by atoms with E-state index in [0.717, 1.165) is 12.5 Å². The SMILES string of the molecule is COC(=O)N[C@H](C(=O)N1C[C@@H](C)C[C@H]1c1nc(-c2ccc(-c3cc(Cl)c(NC(=O)c4ccc(N5CCN(C(=O)[C@H]6CC6(C)C)C[C@H]5C)nc4)cc3OC(F)(F)F)cc2)c[nH]1)C(C)C. The summed E-state index contributed by atoms with van der Waals surface area (Å²) < 4.78 is 50.5. The summed E-state index contributed by atoms with van der Waals surface area (Å²) in [6, 6.07) is 11.0. The van der Waals surface area contributed by atoms with E-state index in [1.54, 1.807) is 47.5 Å². The number of carbonyl (C=O) groups is 4. The van der Waals surface area contributed by atoms with Crippen molar-refractivity contribution < 1.29 is 41.8 Å². The Balaban J connectivity index is 1.04. The summed E-state index contributed by atoms with van der Waals surface area (Å²) in [4.78, 5) is 70.2. The highest BCUT2D eigenvalue weighted by atomic mass is 35.5. The van der Waals surface area contributed by atoms with Crippen molar-refractivity contribution in [2.24, 2.45) is 23.2 Å². The topological polar surface area (TPSA) is 162 Å². The van der Waals surface area contributed by atoms with Crippen LogP contribution in [0.25, 0.3) is 22.4 Å². The van der Waals surface area contributed by atoms with Gasteiger partial charge in [-0.2, -0.15) is 0 Å². The molecule has 0 unspecified atom stereocenters. The van der Waals surface area contributed by atoms with Crippen LogP contribution in [0.3, 0.4) is 0 Å². The average Bonchev–Trinajstić information content (AvgIpc) is 3.52. The number of aromatic amines is 1. The standard InChI is InChI=1S/C45H52ClF3N8O6/c1-24(2)38(54-43(61)62-7)42(60)57-22-25(3)16-35(57)39-51-21-34(52-39)28-10-8-27(9-11-28)30-17-32(46)33(18-36(30)63-45(47,48)49)53-40(58)29-12-13-37(50-20-29)56-15-14-55(23-26(56)4)41(59)31-19-44(31,5)6/h8-13,17-18,20-21,24-26,31,35,38H,14-16,19,22-23H2,1-7H3,(H,51,52)(H,53,58)(H,54,61)/t25-,26+,31+,35-,38-/m0/s1. The second-order valence-corrected chi connectivity index (χ2v) is 18.2. The van der Waals surface area contributed by atoms with Crippen LogP contribution < -0.4 is 20.3 Å². The van der Waals surface area contributed by atoms with Crippen LogP contribution in [-0.4, -0.2) is 100 Å². The first-order valence-corrected chi connectivity index (χ1v) is 21.3. The largest absolute Gasteiger partial charge is 0.573 e. The maximum absolute atomic E-state index is 13.8. The van der Waals surface area contributed by atoms with Crippen molar-refractivity contribution in [3.8, 4) is 28.1 Å². The molecule has 0 radical (unpaired) electrons. The van der Waals surface area contributed by atoms with E-state index in [1.807, 2.05) is 32.6 Å². The number of benzene rings is 2. The second-order valence-electron chi connectivity index (χ2n) is 17.8. The fourth-order valence-electron chi connectivity index (χ4n) is 8.48. The number of likely N-dealkylation sites (tertiary alicyclic amines) is 1. The minimum atomic E-state index is -5.06. The van der Waals surface area contributed by atoms with Gasteiger partial charge in [0.25, 0.3) is 5.91 Å². The number of ether oxygens (including phenoxy) is 2. The molecule has 3 aliphatic rings. The van der Waals surface area contributed by atoms with Crippen LogP contribution in [-0.2, 0) is 14.3 Å². The number of aromatic nitrogens is 3. The van der Waals surface area contributed by atoms with Gasteiger partial charge in [-0.15, -0.1) is 13.2 Å². The molecule has 3 N–H and O–H groups in total. The Morgan fingerprint density at radius 1 is 1.00 bits per heavy atom. The number of pyridine rings is 1. The number of hydrogen-bond donors (Lipinski definition) is 3. The Bertz CT molecular complexity index is 2360. The van der Waals surface area contributed by atoms with Crippen LogP contribution in [0.4, 0.5) is 29.5 Å². The number of alkyl halides is 3.